The van der Waals surface area contributed by atoms with Crippen molar-refractivity contribution in [3.63, 3.8) is 0 Å². The van der Waals surface area contributed by atoms with Gasteiger partial charge in [0.2, 0.25) is 5.91 Å². The average molecular weight is 501 g/mol. The first-order valence-electron chi connectivity index (χ1n) is 11.5. The zero-order chi connectivity index (χ0) is 25.9. The Bertz CT molecular complexity index is 1190. The monoisotopic (exact) mass is 500 g/mol. The van der Waals surface area contributed by atoms with E-state index in [1.54, 1.807) is 24.3 Å². The van der Waals surface area contributed by atoms with Gasteiger partial charge in [0.15, 0.2) is 5.82 Å². The van der Waals surface area contributed by atoms with Gasteiger partial charge in [0, 0.05) is 17.7 Å². The number of aromatic nitrogens is 2. The number of alkyl halides is 3. The molecule has 1 aliphatic carbocycles. The van der Waals surface area contributed by atoms with Crippen molar-refractivity contribution in [1.82, 2.24) is 15.1 Å². The molecular formula is C26H27F3N4O3. The Morgan fingerprint density at radius 2 is 1.67 bits per heavy atom. The molecule has 36 heavy (non-hydrogen) atoms. The Morgan fingerprint density at radius 3 is 2.28 bits per heavy atom. The fourth-order valence-electron chi connectivity index (χ4n) is 4.01. The third-order valence-electron chi connectivity index (χ3n) is 6.41. The Hall–Kier alpha value is -3.82. The lowest BCUT2D eigenvalue weighted by atomic mass is 9.80. The number of anilines is 1. The number of aromatic amines is 1. The van der Waals surface area contributed by atoms with Crippen LogP contribution < -0.4 is 5.32 Å². The molecule has 0 aliphatic heterocycles. The number of H-pyrrole nitrogens is 1. The summed E-state index contributed by atoms with van der Waals surface area (Å²) in [5.41, 5.74) is 1.15. The van der Waals surface area contributed by atoms with Crippen molar-refractivity contribution in [2.75, 3.05) is 5.32 Å². The first-order chi connectivity index (χ1) is 17.0. The van der Waals surface area contributed by atoms with Crippen LogP contribution in [0, 0.1) is 0 Å². The molecule has 0 radical (unpaired) electrons. The fourth-order valence-corrected chi connectivity index (χ4v) is 4.01. The van der Waals surface area contributed by atoms with Gasteiger partial charge in [0.05, 0.1) is 12.0 Å². The van der Waals surface area contributed by atoms with Crippen molar-refractivity contribution in [1.29, 1.82) is 0 Å². The van der Waals surface area contributed by atoms with Gasteiger partial charge in [-0.1, -0.05) is 60.7 Å². The highest BCUT2D eigenvalue weighted by molar-refractivity contribution is 5.97. The maximum absolute atomic E-state index is 13.4. The minimum Gasteiger partial charge on any atom is -0.446 e. The fraction of sp³-hybridized carbons (Fsp3) is 0.346. The van der Waals surface area contributed by atoms with Crippen LogP contribution >= 0.6 is 0 Å². The summed E-state index contributed by atoms with van der Waals surface area (Å²) in [6.07, 6.45) is -6.21. The molecule has 0 bridgehead atoms. The minimum atomic E-state index is -4.86. The first kappa shape index (κ1) is 25.3. The van der Waals surface area contributed by atoms with Crippen molar-refractivity contribution in [3.8, 4) is 0 Å². The molecule has 10 heteroatoms. The standard InChI is InChI=1S/C26H27F3N4O3/c1-25(2,19-11-7-4-8-12-19)23(34)30-22-15-21(31-32-22)18-13-20(14-18)36-24(35)33(26(27,28)29)16-17-9-5-3-6-10-17/h3-12,15,18,20H,13-14,16H2,1-2H3,(H2,30,31,32,34). The second-order valence-corrected chi connectivity index (χ2v) is 9.37. The Balaban J connectivity index is 1.31. The molecule has 0 unspecified atom stereocenters. The average Bonchev–Trinajstić information content (AvgIpc) is 3.27. The van der Waals surface area contributed by atoms with E-state index in [1.165, 1.54) is 12.1 Å². The summed E-state index contributed by atoms with van der Waals surface area (Å²) in [6, 6.07) is 19.0. The van der Waals surface area contributed by atoms with Crippen molar-refractivity contribution in [3.05, 3.63) is 83.6 Å². The lowest BCUT2D eigenvalue weighted by molar-refractivity contribution is -0.235. The second kappa shape index (κ2) is 10.0. The molecule has 4 rings (SSSR count). The Morgan fingerprint density at radius 1 is 1.06 bits per heavy atom. The second-order valence-electron chi connectivity index (χ2n) is 9.37. The molecule has 1 fully saturated rings. The third-order valence-corrected chi connectivity index (χ3v) is 6.41. The largest absolute Gasteiger partial charge is 0.490 e. The lowest BCUT2D eigenvalue weighted by Crippen LogP contribution is -2.45. The number of benzene rings is 2. The quantitative estimate of drug-likeness (QED) is 0.406. The van der Waals surface area contributed by atoms with E-state index < -0.39 is 30.5 Å². The summed E-state index contributed by atoms with van der Waals surface area (Å²) in [4.78, 5) is 24.9. The topological polar surface area (TPSA) is 87.3 Å². The van der Waals surface area contributed by atoms with Crippen molar-refractivity contribution < 1.29 is 27.5 Å². The van der Waals surface area contributed by atoms with Gasteiger partial charge in [-0.3, -0.25) is 9.89 Å². The van der Waals surface area contributed by atoms with Crippen molar-refractivity contribution >= 4 is 17.8 Å². The van der Waals surface area contributed by atoms with Crippen LogP contribution in [-0.4, -0.2) is 39.5 Å². The first-order valence-corrected chi connectivity index (χ1v) is 11.5. The minimum absolute atomic E-state index is 0.0726. The van der Waals surface area contributed by atoms with Gasteiger partial charge in [-0.25, -0.2) is 9.69 Å². The number of rotatable bonds is 7. The van der Waals surface area contributed by atoms with Crippen LogP contribution in [0.2, 0.25) is 0 Å². The molecule has 1 aliphatic rings. The van der Waals surface area contributed by atoms with Crippen LogP contribution in [-0.2, 0) is 21.5 Å². The predicted molar refractivity (Wildman–Crippen MR) is 127 cm³/mol. The van der Waals surface area contributed by atoms with E-state index in [2.05, 4.69) is 15.5 Å². The molecule has 1 saturated carbocycles. The summed E-state index contributed by atoms with van der Waals surface area (Å²) in [6.45, 7) is 3.01. The molecule has 7 nitrogen and oxygen atoms in total. The summed E-state index contributed by atoms with van der Waals surface area (Å²) in [7, 11) is 0. The van der Waals surface area contributed by atoms with E-state index in [0.717, 1.165) is 5.56 Å². The van der Waals surface area contributed by atoms with Crippen LogP contribution in [0.15, 0.2) is 66.7 Å². The van der Waals surface area contributed by atoms with Crippen LogP contribution in [0.1, 0.15) is 49.4 Å². The molecule has 190 valence electrons. The maximum atomic E-state index is 13.4. The van der Waals surface area contributed by atoms with Crippen LogP contribution in [0.4, 0.5) is 23.8 Å². The van der Waals surface area contributed by atoms with E-state index >= 15 is 0 Å². The molecular weight excluding hydrogens is 473 g/mol. The summed E-state index contributed by atoms with van der Waals surface area (Å²) >= 11 is 0. The number of carbonyl (C=O) groups excluding carboxylic acids is 2. The normalized spacial score (nSPS) is 17.7. The SMILES string of the molecule is CC(C)(C(=O)Nc1cc(C2CC(OC(=O)N(Cc3ccccc3)C(F)(F)F)C2)[nH]n1)c1ccccc1. The number of nitrogens with one attached hydrogen (secondary N) is 2. The van der Waals surface area contributed by atoms with Crippen LogP contribution in [0.3, 0.4) is 0 Å². The zero-order valence-corrected chi connectivity index (χ0v) is 19.9. The summed E-state index contributed by atoms with van der Waals surface area (Å²) in [5.74, 6) is 0.0555. The van der Waals surface area contributed by atoms with E-state index in [4.69, 9.17) is 4.74 Å². The highest BCUT2D eigenvalue weighted by Gasteiger charge is 2.44. The number of hydrogen-bond acceptors (Lipinski definition) is 4. The van der Waals surface area contributed by atoms with E-state index in [1.807, 2.05) is 44.2 Å². The number of halogens is 3. The molecule has 0 atom stereocenters. The highest BCUT2D eigenvalue weighted by Crippen LogP contribution is 2.39. The number of hydrogen-bond donors (Lipinski definition) is 2. The van der Waals surface area contributed by atoms with Crippen LogP contribution in [0.5, 0.6) is 0 Å². The molecule has 2 amide bonds. The number of nitrogens with zero attached hydrogens (tertiary/aromatic N) is 2. The van der Waals surface area contributed by atoms with Gasteiger partial charge in [-0.05, 0) is 37.8 Å². The number of amides is 2. The number of ether oxygens (including phenoxy) is 1. The number of carbonyl (C=O) groups is 2. The van der Waals surface area contributed by atoms with E-state index in [-0.39, 0.29) is 16.7 Å². The van der Waals surface area contributed by atoms with Gasteiger partial charge < -0.3 is 10.1 Å². The Labute approximate surface area is 206 Å². The Kier molecular flexibility index (Phi) is 7.05. The van der Waals surface area contributed by atoms with Gasteiger partial charge in [0.25, 0.3) is 0 Å². The van der Waals surface area contributed by atoms with Gasteiger partial charge >= 0.3 is 12.4 Å². The zero-order valence-electron chi connectivity index (χ0n) is 19.9. The van der Waals surface area contributed by atoms with E-state index in [0.29, 0.717) is 29.9 Å². The molecule has 2 aromatic carbocycles. The van der Waals surface area contributed by atoms with Gasteiger partial charge in [-0.15, -0.1) is 13.2 Å². The maximum Gasteiger partial charge on any atom is 0.490 e. The third kappa shape index (κ3) is 5.69. The smallest absolute Gasteiger partial charge is 0.446 e. The molecule has 0 saturated heterocycles. The molecule has 0 spiro atoms. The molecule has 3 aromatic rings. The van der Waals surface area contributed by atoms with E-state index in [9.17, 15) is 22.8 Å². The highest BCUT2D eigenvalue weighted by atomic mass is 19.4. The van der Waals surface area contributed by atoms with Crippen LogP contribution in [0.25, 0.3) is 0 Å². The van der Waals surface area contributed by atoms with Crippen molar-refractivity contribution in [2.24, 2.45) is 0 Å². The summed E-state index contributed by atoms with van der Waals surface area (Å²) in [5, 5.41) is 9.80. The van der Waals surface area contributed by atoms with Crippen molar-refractivity contribution in [2.45, 2.75) is 57.0 Å². The van der Waals surface area contributed by atoms with Gasteiger partial charge in [0.1, 0.15) is 6.10 Å². The molecule has 2 N–H and O–H groups in total. The predicted octanol–water partition coefficient (Wildman–Crippen LogP) is 5.73. The molecule has 1 aromatic heterocycles. The summed E-state index contributed by atoms with van der Waals surface area (Å²) < 4.78 is 45.5. The van der Waals surface area contributed by atoms with Gasteiger partial charge in [-0.2, -0.15) is 5.10 Å². The lowest BCUT2D eigenvalue weighted by Gasteiger charge is -2.35. The molecule has 1 heterocycles.